The van der Waals surface area contributed by atoms with E-state index in [1.54, 1.807) is 0 Å². The summed E-state index contributed by atoms with van der Waals surface area (Å²) >= 11 is 0. The number of carbonyl (C=O) groups excluding carboxylic acids is 1. The minimum atomic E-state index is -0.0338. The Bertz CT molecular complexity index is 120. The van der Waals surface area contributed by atoms with Crippen molar-refractivity contribution in [3.8, 4) is 0 Å². The van der Waals surface area contributed by atoms with Gasteiger partial charge in [0, 0.05) is 6.42 Å². The highest BCUT2D eigenvalue weighted by molar-refractivity contribution is 5.98. The van der Waals surface area contributed by atoms with E-state index in [4.69, 9.17) is 11.1 Å². The molecule has 0 atom stereocenters. The van der Waals surface area contributed by atoms with Crippen LogP contribution in [0.1, 0.15) is 26.2 Å². The number of hydrogen-bond donors (Lipinski definition) is 2. The molecule has 0 radical (unpaired) electrons. The summed E-state index contributed by atoms with van der Waals surface area (Å²) in [5, 5.41) is 6.76. The number of amidine groups is 1. The fourth-order valence-corrected chi connectivity index (χ4v) is 0.580. The van der Waals surface area contributed by atoms with E-state index in [1.807, 2.05) is 6.92 Å². The van der Waals surface area contributed by atoms with Crippen LogP contribution in [-0.2, 0) is 4.79 Å². The van der Waals surface area contributed by atoms with Crippen LogP contribution in [0.2, 0.25) is 0 Å². The zero-order valence-corrected chi connectivity index (χ0v) is 5.61. The Labute approximate surface area is 54.8 Å². The van der Waals surface area contributed by atoms with Crippen LogP contribution >= 0.6 is 0 Å². The summed E-state index contributed by atoms with van der Waals surface area (Å²) in [6.45, 7) is 1.93. The Kier molecular flexibility index (Phi) is 3.67. The fraction of sp³-hybridized carbons (Fsp3) is 0.667. The van der Waals surface area contributed by atoms with Crippen molar-refractivity contribution in [1.29, 1.82) is 5.41 Å². The summed E-state index contributed by atoms with van der Waals surface area (Å²) in [5.74, 6) is 0.0263. The Balaban J connectivity index is 3.39. The van der Waals surface area contributed by atoms with Gasteiger partial charge in [0.1, 0.15) is 5.78 Å². The van der Waals surface area contributed by atoms with Crippen molar-refractivity contribution in [3.05, 3.63) is 0 Å². The van der Waals surface area contributed by atoms with E-state index in [0.717, 1.165) is 6.42 Å². The average Bonchev–Trinajstić information content (AvgIpc) is 1.63. The molecule has 0 aromatic rings. The first-order valence-electron chi connectivity index (χ1n) is 3.01. The van der Waals surface area contributed by atoms with Crippen molar-refractivity contribution in [2.75, 3.05) is 0 Å². The summed E-state index contributed by atoms with van der Waals surface area (Å²) in [7, 11) is 0. The van der Waals surface area contributed by atoms with Crippen LogP contribution in [0.5, 0.6) is 0 Å². The second-order valence-electron chi connectivity index (χ2n) is 1.99. The van der Waals surface area contributed by atoms with Crippen LogP contribution in [0, 0.1) is 5.41 Å². The molecule has 52 valence electrons. The van der Waals surface area contributed by atoms with Crippen LogP contribution < -0.4 is 5.73 Å². The molecular weight excluding hydrogens is 116 g/mol. The molecule has 0 aliphatic carbocycles. The fourth-order valence-electron chi connectivity index (χ4n) is 0.580. The van der Waals surface area contributed by atoms with Gasteiger partial charge in [0.25, 0.3) is 0 Å². The number of hydrogen-bond acceptors (Lipinski definition) is 2. The molecule has 0 saturated heterocycles. The number of Topliss-reactive ketones (excluding diaryl/α,β-unsaturated/α-hetero) is 1. The molecule has 0 aliphatic rings. The first-order valence-corrected chi connectivity index (χ1v) is 3.01. The SMILES string of the molecule is CCCC(=O)CC(=N)N. The average molecular weight is 128 g/mol. The lowest BCUT2D eigenvalue weighted by Crippen LogP contribution is -2.14. The van der Waals surface area contributed by atoms with E-state index in [9.17, 15) is 4.79 Å². The van der Waals surface area contributed by atoms with Crippen molar-refractivity contribution in [2.45, 2.75) is 26.2 Å². The third kappa shape index (κ3) is 5.00. The Morgan fingerprint density at radius 3 is 2.56 bits per heavy atom. The van der Waals surface area contributed by atoms with Gasteiger partial charge in [-0.2, -0.15) is 0 Å². The number of nitrogens with two attached hydrogens (primary N) is 1. The third-order valence-corrected chi connectivity index (χ3v) is 0.916. The number of ketones is 1. The van der Waals surface area contributed by atoms with Gasteiger partial charge in [-0.1, -0.05) is 6.92 Å². The van der Waals surface area contributed by atoms with Crippen molar-refractivity contribution in [2.24, 2.45) is 5.73 Å². The molecule has 0 aliphatic heterocycles. The minimum absolute atomic E-state index is 0.0338. The number of carbonyl (C=O) groups is 1. The lowest BCUT2D eigenvalue weighted by Gasteiger charge is -1.93. The molecule has 9 heavy (non-hydrogen) atoms. The molecule has 0 heterocycles. The van der Waals surface area contributed by atoms with Crippen LogP contribution in [0.3, 0.4) is 0 Å². The van der Waals surface area contributed by atoms with Gasteiger partial charge in [-0.3, -0.25) is 10.2 Å². The molecular formula is C6H12N2O. The Hall–Kier alpha value is -0.860. The maximum atomic E-state index is 10.6. The molecule has 0 amide bonds. The van der Waals surface area contributed by atoms with Crippen molar-refractivity contribution in [1.82, 2.24) is 0 Å². The van der Waals surface area contributed by atoms with Gasteiger partial charge < -0.3 is 5.73 Å². The predicted molar refractivity (Wildman–Crippen MR) is 36.4 cm³/mol. The first kappa shape index (κ1) is 8.14. The molecule has 0 rings (SSSR count). The van der Waals surface area contributed by atoms with Gasteiger partial charge in [-0.25, -0.2) is 0 Å². The van der Waals surface area contributed by atoms with Gasteiger partial charge in [0.05, 0.1) is 12.3 Å². The van der Waals surface area contributed by atoms with Gasteiger partial charge in [-0.05, 0) is 6.42 Å². The van der Waals surface area contributed by atoms with E-state index >= 15 is 0 Å². The largest absolute Gasteiger partial charge is 0.387 e. The molecule has 0 saturated carbocycles. The van der Waals surface area contributed by atoms with Crippen molar-refractivity contribution < 1.29 is 4.79 Å². The quantitative estimate of drug-likeness (QED) is 0.432. The standard InChI is InChI=1S/C6H12N2O/c1-2-3-5(9)4-6(7)8/h2-4H2,1H3,(H3,7,8). The molecule has 0 fully saturated rings. The van der Waals surface area contributed by atoms with E-state index in [-0.39, 0.29) is 18.0 Å². The summed E-state index contributed by atoms with van der Waals surface area (Å²) in [6, 6.07) is 0. The van der Waals surface area contributed by atoms with Crippen LogP contribution in [-0.4, -0.2) is 11.6 Å². The smallest absolute Gasteiger partial charge is 0.140 e. The molecule has 0 unspecified atom stereocenters. The Morgan fingerprint density at radius 2 is 2.22 bits per heavy atom. The number of rotatable bonds is 4. The normalized spacial score (nSPS) is 9.00. The van der Waals surface area contributed by atoms with E-state index in [0.29, 0.717) is 6.42 Å². The highest BCUT2D eigenvalue weighted by atomic mass is 16.1. The monoisotopic (exact) mass is 128 g/mol. The third-order valence-electron chi connectivity index (χ3n) is 0.916. The Morgan fingerprint density at radius 1 is 1.67 bits per heavy atom. The van der Waals surface area contributed by atoms with Gasteiger partial charge in [0.15, 0.2) is 0 Å². The summed E-state index contributed by atoms with van der Waals surface area (Å²) in [5.41, 5.74) is 4.99. The molecule has 0 aromatic heterocycles. The molecule has 0 bridgehead atoms. The molecule has 3 nitrogen and oxygen atoms in total. The van der Waals surface area contributed by atoms with Crippen LogP contribution in [0.4, 0.5) is 0 Å². The van der Waals surface area contributed by atoms with Gasteiger partial charge in [-0.15, -0.1) is 0 Å². The summed E-state index contributed by atoms with van der Waals surface area (Å²) < 4.78 is 0. The predicted octanol–water partition coefficient (Wildman–Crippen LogP) is 0.682. The molecule has 3 heteroatoms. The topological polar surface area (TPSA) is 66.9 Å². The highest BCUT2D eigenvalue weighted by Crippen LogP contribution is 1.92. The van der Waals surface area contributed by atoms with Crippen molar-refractivity contribution in [3.63, 3.8) is 0 Å². The maximum absolute atomic E-state index is 10.6. The van der Waals surface area contributed by atoms with Crippen LogP contribution in [0.25, 0.3) is 0 Å². The molecule has 3 N–H and O–H groups in total. The maximum Gasteiger partial charge on any atom is 0.140 e. The zero-order chi connectivity index (χ0) is 7.28. The minimum Gasteiger partial charge on any atom is -0.387 e. The second-order valence-corrected chi connectivity index (χ2v) is 1.99. The second kappa shape index (κ2) is 4.06. The molecule has 0 aromatic carbocycles. The van der Waals surface area contributed by atoms with E-state index in [2.05, 4.69) is 0 Å². The van der Waals surface area contributed by atoms with Crippen molar-refractivity contribution >= 4 is 11.6 Å². The highest BCUT2D eigenvalue weighted by Gasteiger charge is 1.99. The number of nitrogens with one attached hydrogen (secondary N) is 1. The molecule has 0 spiro atoms. The lowest BCUT2D eigenvalue weighted by atomic mass is 10.2. The lowest BCUT2D eigenvalue weighted by molar-refractivity contribution is -0.117. The zero-order valence-electron chi connectivity index (χ0n) is 5.61. The van der Waals surface area contributed by atoms with Gasteiger partial charge >= 0.3 is 0 Å². The van der Waals surface area contributed by atoms with Crippen LogP contribution in [0.15, 0.2) is 0 Å². The first-order chi connectivity index (χ1) is 4.16. The van der Waals surface area contributed by atoms with E-state index < -0.39 is 0 Å². The summed E-state index contributed by atoms with van der Waals surface area (Å²) in [6.07, 6.45) is 1.50. The summed E-state index contributed by atoms with van der Waals surface area (Å²) in [4.78, 5) is 10.6. The van der Waals surface area contributed by atoms with Gasteiger partial charge in [0.2, 0.25) is 0 Å². The van der Waals surface area contributed by atoms with E-state index in [1.165, 1.54) is 0 Å².